The summed E-state index contributed by atoms with van der Waals surface area (Å²) in [5.41, 5.74) is 3.58. The number of pyridine rings is 1. The molecule has 3 aliphatic rings. The van der Waals surface area contributed by atoms with Crippen molar-refractivity contribution in [3.8, 4) is 11.8 Å². The largest absolute Gasteiger partial charge is 0.311 e. The maximum atomic E-state index is 6.48. The molecule has 1 aromatic heterocycles. The smallest absolute Gasteiger partial charge is 0.265 e. The number of allylic oxidation sites excluding steroid dienone is 4. The van der Waals surface area contributed by atoms with Crippen LogP contribution in [0.15, 0.2) is 82.1 Å². The van der Waals surface area contributed by atoms with Crippen LogP contribution < -0.4 is 5.84 Å². The van der Waals surface area contributed by atoms with Crippen molar-refractivity contribution < 1.29 is 4.59 Å². The van der Waals surface area contributed by atoms with E-state index in [9.17, 15) is 0 Å². The van der Waals surface area contributed by atoms with Gasteiger partial charge in [0.05, 0.1) is 12.4 Å². The lowest BCUT2D eigenvalue weighted by molar-refractivity contribution is -0.749. The number of aromatic nitrogens is 1. The van der Waals surface area contributed by atoms with Gasteiger partial charge in [0.25, 0.3) is 0 Å². The highest BCUT2D eigenvalue weighted by Gasteiger charge is 2.43. The number of rotatable bonds is 1. The van der Waals surface area contributed by atoms with E-state index in [0.29, 0.717) is 5.84 Å². The topological polar surface area (TPSA) is 63.6 Å². The van der Waals surface area contributed by atoms with Crippen LogP contribution in [0.25, 0.3) is 0 Å². The molecule has 1 aromatic rings. The normalized spacial score (nSPS) is 24.2. The molecule has 4 rings (SSSR count). The molecular weight excluding hydrogens is 274 g/mol. The SMILES string of the molecule is N[N+]12C=CN=CC1=C(C1=CC=C1)N=C2C#Cc1ccncc1. The van der Waals surface area contributed by atoms with Gasteiger partial charge in [-0.25, -0.2) is 0 Å². The second-order valence-electron chi connectivity index (χ2n) is 4.99. The van der Waals surface area contributed by atoms with Gasteiger partial charge in [-0.2, -0.15) is 10.8 Å². The highest BCUT2D eigenvalue weighted by atomic mass is 15.6. The van der Waals surface area contributed by atoms with E-state index in [-0.39, 0.29) is 4.59 Å². The maximum Gasteiger partial charge on any atom is 0.311 e. The molecule has 0 saturated heterocycles. The van der Waals surface area contributed by atoms with Crippen LogP contribution in [0.3, 0.4) is 0 Å². The van der Waals surface area contributed by atoms with Crippen LogP contribution in [0.2, 0.25) is 0 Å². The minimum Gasteiger partial charge on any atom is -0.265 e. The molecule has 0 bridgehead atoms. The van der Waals surface area contributed by atoms with Gasteiger partial charge < -0.3 is 0 Å². The maximum absolute atomic E-state index is 6.48. The van der Waals surface area contributed by atoms with Crippen molar-refractivity contribution in [2.45, 2.75) is 0 Å². The van der Waals surface area contributed by atoms with Crippen LogP contribution in [-0.2, 0) is 0 Å². The van der Waals surface area contributed by atoms with Crippen molar-refractivity contribution in [3.63, 3.8) is 0 Å². The summed E-state index contributed by atoms with van der Waals surface area (Å²) in [5, 5.41) is 0. The molecule has 0 spiro atoms. The van der Waals surface area contributed by atoms with Crippen LogP contribution in [0.1, 0.15) is 5.56 Å². The Labute approximate surface area is 127 Å². The Bertz CT molecular complexity index is 888. The molecule has 22 heavy (non-hydrogen) atoms. The summed E-state index contributed by atoms with van der Waals surface area (Å²) in [6.45, 7) is 0. The molecule has 0 amide bonds. The molecule has 0 radical (unpaired) electrons. The third kappa shape index (κ3) is 1.87. The molecule has 0 saturated carbocycles. The summed E-state index contributed by atoms with van der Waals surface area (Å²) in [5.74, 6) is 13.2. The Balaban J connectivity index is 1.77. The van der Waals surface area contributed by atoms with Crippen LogP contribution in [0, 0.1) is 11.8 Å². The predicted octanol–water partition coefficient (Wildman–Crippen LogP) is 1.80. The first-order valence-corrected chi connectivity index (χ1v) is 6.80. The Kier molecular flexibility index (Phi) is 2.73. The molecule has 2 N–H and O–H groups in total. The summed E-state index contributed by atoms with van der Waals surface area (Å²) < 4.78 is -0.0396. The monoisotopic (exact) mass is 286 g/mol. The highest BCUT2D eigenvalue weighted by molar-refractivity contribution is 6.01. The zero-order chi connectivity index (χ0) is 15.0. The first kappa shape index (κ1) is 12.7. The zero-order valence-corrected chi connectivity index (χ0v) is 11.6. The average molecular weight is 286 g/mol. The Morgan fingerprint density at radius 1 is 1.14 bits per heavy atom. The van der Waals surface area contributed by atoms with E-state index in [4.69, 9.17) is 5.84 Å². The third-order valence-corrected chi connectivity index (χ3v) is 3.62. The zero-order valence-electron chi connectivity index (χ0n) is 11.6. The van der Waals surface area contributed by atoms with Crippen molar-refractivity contribution in [3.05, 3.63) is 77.7 Å². The first-order valence-electron chi connectivity index (χ1n) is 6.80. The summed E-state index contributed by atoms with van der Waals surface area (Å²) in [6, 6.07) is 3.70. The van der Waals surface area contributed by atoms with Crippen LogP contribution >= 0.6 is 0 Å². The number of amidine groups is 1. The van der Waals surface area contributed by atoms with Gasteiger partial charge in [0.2, 0.25) is 5.70 Å². The van der Waals surface area contributed by atoms with E-state index < -0.39 is 0 Å². The molecule has 3 heterocycles. The molecule has 1 atom stereocenters. The van der Waals surface area contributed by atoms with Gasteiger partial charge in [-0.1, -0.05) is 24.1 Å². The van der Waals surface area contributed by atoms with E-state index in [1.54, 1.807) is 31.0 Å². The fourth-order valence-corrected chi connectivity index (χ4v) is 2.35. The minimum atomic E-state index is -0.0396. The van der Waals surface area contributed by atoms with Crippen molar-refractivity contribution in [2.24, 2.45) is 15.8 Å². The van der Waals surface area contributed by atoms with Crippen LogP contribution in [0.5, 0.6) is 0 Å². The molecular formula is C17H12N5+. The molecule has 0 fully saturated rings. The number of nitrogens with zero attached hydrogens (tertiary/aromatic N) is 4. The van der Waals surface area contributed by atoms with E-state index in [0.717, 1.165) is 22.5 Å². The van der Waals surface area contributed by atoms with Gasteiger partial charge >= 0.3 is 5.84 Å². The standard InChI is InChI=1S/C17H12N5/c18-22-11-10-20-12-15(22)17(14-2-1-3-14)21-16(22)5-4-13-6-8-19-9-7-13/h1-3,6-12H,18H2/q+1. The molecule has 1 unspecified atom stereocenters. The fraction of sp³-hybridized carbons (Fsp3) is 0. The van der Waals surface area contributed by atoms with E-state index in [1.807, 2.05) is 30.4 Å². The van der Waals surface area contributed by atoms with E-state index in [1.165, 1.54) is 0 Å². The Hall–Kier alpha value is -3.07. The van der Waals surface area contributed by atoms with Gasteiger partial charge in [0.15, 0.2) is 0 Å². The molecule has 5 heteroatoms. The quantitative estimate of drug-likeness (QED) is 0.486. The second kappa shape index (κ2) is 4.74. The lowest BCUT2D eigenvalue weighted by Gasteiger charge is -2.23. The van der Waals surface area contributed by atoms with E-state index >= 15 is 0 Å². The molecule has 2 aliphatic heterocycles. The molecule has 0 aromatic carbocycles. The van der Waals surface area contributed by atoms with Crippen LogP contribution in [-0.4, -0.2) is 21.6 Å². The lowest BCUT2D eigenvalue weighted by Crippen LogP contribution is -2.52. The van der Waals surface area contributed by atoms with Crippen molar-refractivity contribution in [1.82, 2.24) is 4.98 Å². The lowest BCUT2D eigenvalue weighted by atomic mass is 10.0. The van der Waals surface area contributed by atoms with Crippen LogP contribution in [0.4, 0.5) is 0 Å². The highest BCUT2D eigenvalue weighted by Crippen LogP contribution is 2.33. The second-order valence-corrected chi connectivity index (χ2v) is 4.99. The third-order valence-electron chi connectivity index (χ3n) is 3.62. The van der Waals surface area contributed by atoms with Crippen molar-refractivity contribution >= 4 is 12.1 Å². The molecule has 104 valence electrons. The van der Waals surface area contributed by atoms with Crippen molar-refractivity contribution in [1.29, 1.82) is 0 Å². The van der Waals surface area contributed by atoms with Crippen molar-refractivity contribution in [2.75, 3.05) is 0 Å². The average Bonchev–Trinajstić information content (AvgIpc) is 2.77. The molecule has 5 nitrogen and oxygen atoms in total. The van der Waals surface area contributed by atoms with Gasteiger partial charge in [-0.05, 0) is 12.1 Å². The first-order chi connectivity index (χ1) is 10.8. The van der Waals surface area contributed by atoms with Gasteiger partial charge in [-0.15, -0.1) is 4.59 Å². The predicted molar refractivity (Wildman–Crippen MR) is 84.9 cm³/mol. The van der Waals surface area contributed by atoms with Gasteiger partial charge in [-0.3, -0.25) is 9.98 Å². The Morgan fingerprint density at radius 2 is 1.95 bits per heavy atom. The van der Waals surface area contributed by atoms with Gasteiger partial charge in [0, 0.05) is 29.5 Å². The number of fused-ring (bicyclic) bond motifs is 1. The molecule has 1 aliphatic carbocycles. The van der Waals surface area contributed by atoms with Gasteiger partial charge in [0.1, 0.15) is 11.9 Å². The summed E-state index contributed by atoms with van der Waals surface area (Å²) in [7, 11) is 0. The summed E-state index contributed by atoms with van der Waals surface area (Å²) in [4.78, 5) is 12.8. The number of aliphatic imine (C=N–C) groups is 2. The number of hydrogen-bond acceptors (Lipinski definition) is 4. The number of hydrogen-bond donors (Lipinski definition) is 1. The fourth-order valence-electron chi connectivity index (χ4n) is 2.35. The minimum absolute atomic E-state index is 0.0396. The van der Waals surface area contributed by atoms with E-state index in [2.05, 4.69) is 26.8 Å². The number of nitrogens with two attached hydrogens (primary N) is 1. The number of quaternary nitrogens is 1. The summed E-state index contributed by atoms with van der Waals surface area (Å²) in [6.07, 6.45) is 14.6. The Morgan fingerprint density at radius 3 is 2.68 bits per heavy atom. The summed E-state index contributed by atoms with van der Waals surface area (Å²) >= 11 is 0.